The van der Waals surface area contributed by atoms with Crippen molar-refractivity contribution >= 4 is 30.2 Å². The lowest BCUT2D eigenvalue weighted by Gasteiger charge is -2.33. The number of imidazole rings is 1. The summed E-state index contributed by atoms with van der Waals surface area (Å²) in [5, 5.41) is 25.8. The van der Waals surface area contributed by atoms with Gasteiger partial charge in [0.25, 0.3) is 0 Å². The van der Waals surface area contributed by atoms with E-state index in [0.717, 1.165) is 35.1 Å². The Balaban J connectivity index is 1.29. The Morgan fingerprint density at radius 3 is 2.76 bits per heavy atom. The van der Waals surface area contributed by atoms with Crippen molar-refractivity contribution in [1.82, 2.24) is 35.6 Å². The van der Waals surface area contributed by atoms with Crippen molar-refractivity contribution in [2.75, 3.05) is 12.4 Å². The molecular formula is C24H25N11O2. The molecule has 13 nitrogen and oxygen atoms in total. The lowest BCUT2D eigenvalue weighted by atomic mass is 10.0. The summed E-state index contributed by atoms with van der Waals surface area (Å²) in [6.45, 7) is 0.397. The maximum absolute atomic E-state index is 11.6. The predicted octanol–water partition coefficient (Wildman–Crippen LogP) is 1.19. The smallest absolute Gasteiger partial charge is 0.326 e. The van der Waals surface area contributed by atoms with E-state index in [9.17, 15) is 9.90 Å². The van der Waals surface area contributed by atoms with Crippen molar-refractivity contribution in [3.05, 3.63) is 64.0 Å². The Morgan fingerprint density at radius 1 is 1.22 bits per heavy atom. The summed E-state index contributed by atoms with van der Waals surface area (Å²) in [6, 6.07) is 8.25. The van der Waals surface area contributed by atoms with Gasteiger partial charge in [0.15, 0.2) is 12.1 Å². The van der Waals surface area contributed by atoms with Gasteiger partial charge in [-0.25, -0.2) is 29.8 Å². The van der Waals surface area contributed by atoms with E-state index in [0.29, 0.717) is 24.4 Å². The summed E-state index contributed by atoms with van der Waals surface area (Å²) < 4.78 is 0. The van der Waals surface area contributed by atoms with Crippen LogP contribution in [-0.2, 0) is 6.54 Å². The average Bonchev–Trinajstić information content (AvgIpc) is 3.55. The van der Waals surface area contributed by atoms with Crippen molar-refractivity contribution < 1.29 is 5.11 Å². The highest BCUT2D eigenvalue weighted by Gasteiger charge is 2.36. The molecule has 6 rings (SSSR count). The number of aliphatic imine (C=N–C) groups is 2. The molecule has 2 aliphatic heterocycles. The Labute approximate surface area is 211 Å². The second-order valence-electron chi connectivity index (χ2n) is 8.80. The van der Waals surface area contributed by atoms with Crippen LogP contribution in [-0.4, -0.2) is 67.4 Å². The number of hydrogen-bond donors (Lipinski definition) is 6. The fourth-order valence-electron chi connectivity index (χ4n) is 4.09. The van der Waals surface area contributed by atoms with Crippen LogP contribution in [0.5, 0.6) is 5.88 Å². The molecule has 2 aromatic heterocycles. The SMILES string of the molecule is CNc1ncc(-c2ccccc2CN=C2NC(=NC3CC3)N3N=C/C(=C\c4[nH]c(=O)[nH]c4O)C3N2)cn1. The van der Waals surface area contributed by atoms with Crippen molar-refractivity contribution in [3.63, 3.8) is 0 Å². The predicted molar refractivity (Wildman–Crippen MR) is 140 cm³/mol. The molecule has 1 atom stereocenters. The Bertz CT molecular complexity index is 1500. The van der Waals surface area contributed by atoms with Gasteiger partial charge in [0.1, 0.15) is 5.69 Å². The number of nitrogens with one attached hydrogen (secondary N) is 5. The molecule has 0 amide bonds. The summed E-state index contributed by atoms with van der Waals surface area (Å²) >= 11 is 0. The van der Waals surface area contributed by atoms with Gasteiger partial charge in [-0.2, -0.15) is 5.10 Å². The largest absolute Gasteiger partial charge is 0.493 e. The molecule has 4 heterocycles. The first kappa shape index (κ1) is 22.5. The zero-order chi connectivity index (χ0) is 25.4. The van der Waals surface area contributed by atoms with E-state index in [1.807, 2.05) is 24.3 Å². The highest BCUT2D eigenvalue weighted by Crippen LogP contribution is 2.27. The fourth-order valence-corrected chi connectivity index (χ4v) is 4.09. The number of nitrogens with zero attached hydrogens (tertiary/aromatic N) is 6. The molecular weight excluding hydrogens is 474 g/mol. The van der Waals surface area contributed by atoms with E-state index >= 15 is 0 Å². The third-order valence-electron chi connectivity index (χ3n) is 6.12. The summed E-state index contributed by atoms with van der Waals surface area (Å²) in [4.78, 5) is 34.7. The molecule has 2 fully saturated rings. The van der Waals surface area contributed by atoms with Gasteiger partial charge >= 0.3 is 5.69 Å². The van der Waals surface area contributed by atoms with Crippen LogP contribution in [0.25, 0.3) is 17.2 Å². The number of fused-ring (bicyclic) bond motifs is 1. The van der Waals surface area contributed by atoms with Gasteiger partial charge in [-0.15, -0.1) is 0 Å². The molecule has 1 saturated heterocycles. The zero-order valence-corrected chi connectivity index (χ0v) is 19.9. The topological polar surface area (TPSA) is 171 Å². The number of H-pyrrole nitrogens is 2. The number of hydrazone groups is 1. The van der Waals surface area contributed by atoms with Crippen molar-refractivity contribution in [2.45, 2.75) is 31.6 Å². The maximum atomic E-state index is 11.6. The van der Waals surface area contributed by atoms with Crippen LogP contribution in [0.3, 0.4) is 0 Å². The number of aromatic hydroxyl groups is 1. The number of anilines is 1. The third-order valence-corrected chi connectivity index (χ3v) is 6.12. The molecule has 6 N–H and O–H groups in total. The summed E-state index contributed by atoms with van der Waals surface area (Å²) in [5.41, 5.74) is 3.42. The van der Waals surface area contributed by atoms with Crippen LogP contribution in [0.4, 0.5) is 5.95 Å². The molecule has 13 heteroatoms. The van der Waals surface area contributed by atoms with Crippen molar-refractivity contribution in [3.8, 4) is 17.0 Å². The van der Waals surface area contributed by atoms with Gasteiger partial charge < -0.3 is 20.7 Å². The monoisotopic (exact) mass is 499 g/mol. The molecule has 1 aromatic carbocycles. The first-order valence-corrected chi connectivity index (χ1v) is 11.9. The Hall–Kier alpha value is -4.94. The van der Waals surface area contributed by atoms with E-state index in [4.69, 9.17) is 9.98 Å². The molecule has 0 spiro atoms. The second kappa shape index (κ2) is 9.26. The summed E-state index contributed by atoms with van der Waals surface area (Å²) in [5.74, 6) is 1.47. The van der Waals surface area contributed by atoms with Crippen LogP contribution < -0.4 is 21.6 Å². The van der Waals surface area contributed by atoms with Gasteiger partial charge in [-0.3, -0.25) is 10.3 Å². The zero-order valence-electron chi connectivity index (χ0n) is 19.9. The minimum absolute atomic E-state index is 0.234. The normalized spacial score (nSPS) is 21.8. The van der Waals surface area contributed by atoms with Crippen LogP contribution in [0.15, 0.2) is 62.1 Å². The first-order valence-electron chi connectivity index (χ1n) is 11.9. The number of benzene rings is 1. The van der Waals surface area contributed by atoms with Gasteiger partial charge in [0.2, 0.25) is 17.8 Å². The Kier molecular flexibility index (Phi) is 5.63. The van der Waals surface area contributed by atoms with E-state index < -0.39 is 11.9 Å². The van der Waals surface area contributed by atoms with Crippen LogP contribution in [0.1, 0.15) is 24.1 Å². The molecule has 1 unspecified atom stereocenters. The van der Waals surface area contributed by atoms with Gasteiger partial charge in [-0.1, -0.05) is 24.3 Å². The van der Waals surface area contributed by atoms with Gasteiger partial charge in [-0.05, 0) is 30.0 Å². The molecule has 0 radical (unpaired) electrons. The van der Waals surface area contributed by atoms with Crippen LogP contribution in [0.2, 0.25) is 0 Å². The highest BCUT2D eigenvalue weighted by molar-refractivity contribution is 6.05. The second-order valence-corrected chi connectivity index (χ2v) is 8.80. The molecule has 3 aliphatic rings. The lowest BCUT2D eigenvalue weighted by Crippen LogP contribution is -2.62. The van der Waals surface area contributed by atoms with E-state index in [1.54, 1.807) is 36.7 Å². The molecule has 1 saturated carbocycles. The summed E-state index contributed by atoms with van der Waals surface area (Å²) in [6.07, 6.45) is 8.57. The van der Waals surface area contributed by atoms with Crippen molar-refractivity contribution in [2.24, 2.45) is 15.1 Å². The molecule has 3 aromatic rings. The first-order chi connectivity index (χ1) is 18.1. The molecule has 1 aliphatic carbocycles. The van der Waals surface area contributed by atoms with Gasteiger partial charge in [0.05, 0.1) is 18.8 Å². The van der Waals surface area contributed by atoms with E-state index in [2.05, 4.69) is 41.0 Å². The van der Waals surface area contributed by atoms with Crippen molar-refractivity contribution in [1.29, 1.82) is 0 Å². The number of hydrogen-bond acceptors (Lipinski definition) is 8. The fraction of sp³-hybridized carbons (Fsp3) is 0.250. The van der Waals surface area contributed by atoms with Gasteiger partial charge in [0, 0.05) is 30.6 Å². The number of guanidine groups is 2. The number of aromatic nitrogens is 4. The highest BCUT2D eigenvalue weighted by atomic mass is 16.3. The third kappa shape index (κ3) is 4.66. The quantitative estimate of drug-likeness (QED) is 0.294. The van der Waals surface area contributed by atoms with Crippen LogP contribution >= 0.6 is 0 Å². The number of aromatic amines is 2. The molecule has 0 bridgehead atoms. The standard InChI is InChI=1S/C24H25N11O2/c1-25-21-26-10-15(11-27-21)17-5-3-2-4-13(17)9-28-22-32-19-14(8-18-20(36)33-24(37)31-18)12-29-35(19)23(34-22)30-16-6-7-16/h2-5,8,10-12,16,19,36H,6-7,9H2,1H3,(H,25,26,27)(H2,31,33,37)(H2,28,30,32,34)/b14-8+. The molecule has 188 valence electrons. The van der Waals surface area contributed by atoms with E-state index in [1.165, 1.54) is 0 Å². The van der Waals surface area contributed by atoms with Crippen LogP contribution in [0, 0.1) is 0 Å². The minimum Gasteiger partial charge on any atom is -0.493 e. The maximum Gasteiger partial charge on any atom is 0.326 e. The lowest BCUT2D eigenvalue weighted by molar-refractivity contribution is 0.345. The number of rotatable bonds is 6. The summed E-state index contributed by atoms with van der Waals surface area (Å²) in [7, 11) is 1.78. The molecule has 37 heavy (non-hydrogen) atoms. The minimum atomic E-state index is -0.489. The van der Waals surface area contributed by atoms with E-state index in [-0.39, 0.29) is 17.6 Å². The Morgan fingerprint density at radius 2 is 2.03 bits per heavy atom. The average molecular weight is 500 g/mol.